The number of hydrogen-bond acceptors (Lipinski definition) is 2. The number of phenolic OH excluding ortho intramolecular Hbond substituents is 2. The molecule has 0 aromatic heterocycles. The molecule has 1 aromatic carbocycles. The summed E-state index contributed by atoms with van der Waals surface area (Å²) in [6.45, 7) is 0. The van der Waals surface area contributed by atoms with Gasteiger partial charge in [0.2, 0.25) is 0 Å². The normalized spacial score (nSPS) is 9.33. The van der Waals surface area contributed by atoms with E-state index >= 15 is 0 Å². The van der Waals surface area contributed by atoms with E-state index in [2.05, 4.69) is 12.6 Å². The minimum atomic E-state index is -0.164. The van der Waals surface area contributed by atoms with Crippen LogP contribution in [-0.4, -0.2) is 10.2 Å². The smallest absolute Gasteiger partial charge is 0.158 e. The molecule has 0 aliphatic heterocycles. The van der Waals surface area contributed by atoms with E-state index in [1.165, 1.54) is 12.1 Å². The van der Waals surface area contributed by atoms with E-state index in [0.29, 0.717) is 4.90 Å². The monoisotopic (exact) mass is 141 g/mol. The number of aromatic hydroxyl groups is 2. The molecule has 3 heteroatoms. The molecule has 0 bridgehead atoms. The van der Waals surface area contributed by atoms with E-state index in [9.17, 15) is 0 Å². The maximum Gasteiger partial charge on any atom is 0.158 e. The third-order valence-corrected chi connectivity index (χ3v) is 1.20. The molecule has 0 saturated carbocycles. The van der Waals surface area contributed by atoms with Crippen LogP contribution >= 0.6 is 12.6 Å². The van der Waals surface area contributed by atoms with E-state index in [-0.39, 0.29) is 11.5 Å². The van der Waals surface area contributed by atoms with Crippen molar-refractivity contribution in [2.24, 2.45) is 0 Å². The van der Waals surface area contributed by atoms with Gasteiger partial charge < -0.3 is 10.2 Å². The van der Waals surface area contributed by atoms with Gasteiger partial charge in [-0.15, -0.1) is 0 Å². The first-order valence-corrected chi connectivity index (χ1v) is 2.80. The van der Waals surface area contributed by atoms with Crippen molar-refractivity contribution in [2.75, 3.05) is 0 Å². The van der Waals surface area contributed by atoms with Crippen molar-refractivity contribution in [1.82, 2.24) is 0 Å². The third kappa shape index (κ3) is 1.23. The molecule has 0 spiro atoms. The van der Waals surface area contributed by atoms with Crippen molar-refractivity contribution in [3.63, 3.8) is 0 Å². The van der Waals surface area contributed by atoms with Gasteiger partial charge in [0.1, 0.15) is 0 Å². The fourth-order valence-corrected chi connectivity index (χ4v) is 0.683. The summed E-state index contributed by atoms with van der Waals surface area (Å²) in [5.41, 5.74) is 0. The van der Waals surface area contributed by atoms with Crippen LogP contribution in [0.1, 0.15) is 0 Å². The first-order valence-electron chi connectivity index (χ1n) is 2.39. The lowest BCUT2D eigenvalue weighted by Crippen LogP contribution is -1.67. The van der Waals surface area contributed by atoms with Gasteiger partial charge in [-0.3, -0.25) is 0 Å². The minimum Gasteiger partial charge on any atom is -0.504 e. The molecule has 0 fully saturated rings. The molecular formula is C6H5O2S. The lowest BCUT2D eigenvalue weighted by molar-refractivity contribution is 0.402. The second kappa shape index (κ2) is 2.11. The van der Waals surface area contributed by atoms with Gasteiger partial charge in [0.25, 0.3) is 0 Å². The molecule has 1 radical (unpaired) electrons. The molecule has 0 atom stereocenters. The zero-order chi connectivity index (χ0) is 6.85. The van der Waals surface area contributed by atoms with Crippen molar-refractivity contribution in [3.8, 4) is 11.5 Å². The predicted molar refractivity (Wildman–Crippen MR) is 35.6 cm³/mol. The van der Waals surface area contributed by atoms with Crippen LogP contribution in [0.5, 0.6) is 11.5 Å². The van der Waals surface area contributed by atoms with Crippen LogP contribution in [0.15, 0.2) is 23.1 Å². The summed E-state index contributed by atoms with van der Waals surface area (Å²) in [5, 5.41) is 17.5. The molecule has 1 aromatic rings. The van der Waals surface area contributed by atoms with Gasteiger partial charge in [0.05, 0.1) is 0 Å². The maximum absolute atomic E-state index is 8.78. The molecule has 1 rings (SSSR count). The highest BCUT2D eigenvalue weighted by Crippen LogP contribution is 2.25. The highest BCUT2D eigenvalue weighted by molar-refractivity contribution is 7.80. The first-order chi connectivity index (χ1) is 4.20. The summed E-state index contributed by atoms with van der Waals surface area (Å²) in [6, 6.07) is 4.23. The Labute approximate surface area is 58.2 Å². The molecule has 2 nitrogen and oxygen atoms in total. The van der Waals surface area contributed by atoms with Crippen molar-refractivity contribution < 1.29 is 10.2 Å². The van der Waals surface area contributed by atoms with Crippen LogP contribution in [0.4, 0.5) is 0 Å². The molecule has 0 aliphatic rings. The van der Waals surface area contributed by atoms with Crippen LogP contribution in [0, 0.1) is 0 Å². The zero-order valence-electron chi connectivity index (χ0n) is 4.53. The second-order valence-corrected chi connectivity index (χ2v) is 2.12. The molecule has 0 heterocycles. The van der Waals surface area contributed by atoms with Gasteiger partial charge in [-0.2, -0.15) is 0 Å². The molecular weight excluding hydrogens is 136 g/mol. The summed E-state index contributed by atoms with van der Waals surface area (Å²) in [5.74, 6) is -0.300. The average molecular weight is 141 g/mol. The fourth-order valence-electron chi connectivity index (χ4n) is 0.503. The first kappa shape index (κ1) is 6.16. The minimum absolute atomic E-state index is 0.136. The largest absolute Gasteiger partial charge is 0.504 e. The SMILES string of the molecule is Oc1ccc([S])cc1O. The highest BCUT2D eigenvalue weighted by Gasteiger charge is 1.96. The Morgan fingerprint density at radius 3 is 2.22 bits per heavy atom. The Morgan fingerprint density at radius 1 is 1.11 bits per heavy atom. The quantitative estimate of drug-likeness (QED) is 0.539. The van der Waals surface area contributed by atoms with Gasteiger partial charge in [0.15, 0.2) is 11.5 Å². The predicted octanol–water partition coefficient (Wildman–Crippen LogP) is 1.65. The molecule has 0 unspecified atom stereocenters. The number of benzene rings is 1. The van der Waals surface area contributed by atoms with Crippen molar-refractivity contribution in [2.45, 2.75) is 4.90 Å². The lowest BCUT2D eigenvalue weighted by Gasteiger charge is -1.94. The molecule has 0 saturated heterocycles. The summed E-state index contributed by atoms with van der Waals surface area (Å²) in [7, 11) is 0. The molecule has 2 N–H and O–H groups in total. The molecule has 0 amide bonds. The lowest BCUT2D eigenvalue weighted by atomic mass is 10.3. The van der Waals surface area contributed by atoms with Crippen LogP contribution in [0.25, 0.3) is 0 Å². The zero-order valence-corrected chi connectivity index (χ0v) is 5.35. The summed E-state index contributed by atoms with van der Waals surface area (Å²) < 4.78 is 0. The van der Waals surface area contributed by atoms with E-state index in [0.717, 1.165) is 0 Å². The summed E-state index contributed by atoms with van der Waals surface area (Å²) >= 11 is 4.69. The van der Waals surface area contributed by atoms with Gasteiger partial charge in [-0.25, -0.2) is 0 Å². The van der Waals surface area contributed by atoms with Crippen LogP contribution < -0.4 is 0 Å². The Bertz CT molecular complexity index is 222. The van der Waals surface area contributed by atoms with Crippen molar-refractivity contribution >= 4 is 12.6 Å². The summed E-state index contributed by atoms with van der Waals surface area (Å²) in [6.07, 6.45) is 0. The van der Waals surface area contributed by atoms with E-state index in [1.54, 1.807) is 6.07 Å². The van der Waals surface area contributed by atoms with Crippen molar-refractivity contribution in [3.05, 3.63) is 18.2 Å². The van der Waals surface area contributed by atoms with Gasteiger partial charge >= 0.3 is 0 Å². The number of phenols is 2. The van der Waals surface area contributed by atoms with Crippen molar-refractivity contribution in [1.29, 1.82) is 0 Å². The Balaban J connectivity index is 3.17. The number of rotatable bonds is 0. The van der Waals surface area contributed by atoms with Crippen LogP contribution in [-0.2, 0) is 0 Å². The van der Waals surface area contributed by atoms with Gasteiger partial charge in [0, 0.05) is 11.0 Å². The van der Waals surface area contributed by atoms with Gasteiger partial charge in [-0.1, -0.05) is 12.6 Å². The fraction of sp³-hybridized carbons (Fsp3) is 0. The Hall–Kier alpha value is -0.960. The third-order valence-electron chi connectivity index (χ3n) is 0.947. The Morgan fingerprint density at radius 2 is 1.78 bits per heavy atom. The molecule has 0 aliphatic carbocycles. The van der Waals surface area contributed by atoms with Crippen LogP contribution in [0.3, 0.4) is 0 Å². The average Bonchev–Trinajstić information content (AvgIpc) is 1.80. The maximum atomic E-state index is 8.78. The van der Waals surface area contributed by atoms with Crippen LogP contribution in [0.2, 0.25) is 0 Å². The molecule has 9 heavy (non-hydrogen) atoms. The second-order valence-electron chi connectivity index (χ2n) is 1.65. The Kier molecular flexibility index (Phi) is 1.44. The number of hydrogen-bond donors (Lipinski definition) is 2. The van der Waals surface area contributed by atoms with Gasteiger partial charge in [-0.05, 0) is 12.1 Å². The standard InChI is InChI=1S/C6H5O2S/c7-5-2-1-4(9)3-6(5)8/h1-3,7-8H. The van der Waals surface area contributed by atoms with E-state index < -0.39 is 0 Å². The molecule has 47 valence electrons. The van der Waals surface area contributed by atoms with E-state index in [4.69, 9.17) is 10.2 Å². The van der Waals surface area contributed by atoms with E-state index in [1.807, 2.05) is 0 Å². The highest BCUT2D eigenvalue weighted by atomic mass is 32.1. The topological polar surface area (TPSA) is 40.5 Å². The summed E-state index contributed by atoms with van der Waals surface area (Å²) in [4.78, 5) is 0.519.